The summed E-state index contributed by atoms with van der Waals surface area (Å²) < 4.78 is 0. The van der Waals surface area contributed by atoms with Gasteiger partial charge in [0.1, 0.15) is 0 Å². The van der Waals surface area contributed by atoms with Crippen molar-refractivity contribution in [2.45, 2.75) is 0 Å². The molecule has 0 saturated heterocycles. The molecule has 0 saturated carbocycles. The molecule has 0 unspecified atom stereocenters. The average molecular weight is 161 g/mol. The smallest absolute Gasteiger partial charge is 0.187 e. The van der Waals surface area contributed by atoms with Gasteiger partial charge in [-0.15, -0.1) is 0 Å². The molecule has 1 nitrogen and oxygen atoms in total. The van der Waals surface area contributed by atoms with Gasteiger partial charge in [-0.1, -0.05) is 0 Å². The molecule has 0 spiro atoms. The standard InChI is InChI=1S/Al.H2O.Ti.Zn.3H/h;1H2;;;;;. The second kappa shape index (κ2) is 21.2. The van der Waals surface area contributed by atoms with Crippen LogP contribution in [0.15, 0.2) is 0 Å². The Hall–Kier alpha value is 1.83. The Morgan fingerprint density at radius 2 is 1.00 bits per heavy atom. The molecule has 0 heterocycles. The van der Waals surface area contributed by atoms with Crippen LogP contribution in [-0.2, 0) is 41.2 Å². The summed E-state index contributed by atoms with van der Waals surface area (Å²) in [7, 11) is 0. The second-order valence-electron chi connectivity index (χ2n) is 0. The normalized spacial score (nSPS) is 0. The van der Waals surface area contributed by atoms with Gasteiger partial charge in [0, 0.05) is 41.2 Å². The summed E-state index contributed by atoms with van der Waals surface area (Å²) in [5.74, 6) is 0. The zero-order valence-corrected chi connectivity index (χ0v) is 6.24. The number of hydrogen-bond acceptors (Lipinski definition) is 0. The van der Waals surface area contributed by atoms with E-state index in [1.807, 2.05) is 0 Å². The summed E-state index contributed by atoms with van der Waals surface area (Å²) in [6, 6.07) is 0. The van der Waals surface area contributed by atoms with Crippen molar-refractivity contribution < 1.29 is 46.7 Å². The first-order valence-corrected chi connectivity index (χ1v) is 0. The molecule has 0 aromatic rings. The van der Waals surface area contributed by atoms with Crippen molar-refractivity contribution in [3.63, 3.8) is 0 Å². The first-order valence-electron chi connectivity index (χ1n) is 0. The largest absolute Gasteiger partial charge is 0.412 e. The van der Waals surface area contributed by atoms with Crippen LogP contribution in [0.3, 0.4) is 0 Å². The van der Waals surface area contributed by atoms with Gasteiger partial charge in [0.15, 0.2) is 17.4 Å². The molecule has 0 atom stereocenters. The Bertz CT molecular complexity index is 8.00. The van der Waals surface area contributed by atoms with Crippen molar-refractivity contribution in [3.8, 4) is 0 Å². The maximum Gasteiger partial charge on any atom is 0.187 e. The summed E-state index contributed by atoms with van der Waals surface area (Å²) in [4.78, 5) is 0. The first-order chi connectivity index (χ1) is 0. The fraction of sp³-hybridized carbons (Fsp3) is 0. The van der Waals surface area contributed by atoms with Crippen LogP contribution in [0.25, 0.3) is 0 Å². The molecular formula is H5AlOTiZn. The van der Waals surface area contributed by atoms with Crippen molar-refractivity contribution in [2.24, 2.45) is 0 Å². The van der Waals surface area contributed by atoms with Gasteiger partial charge in [-0.05, 0) is 0 Å². The Labute approximate surface area is 63.6 Å². The summed E-state index contributed by atoms with van der Waals surface area (Å²) in [5, 5.41) is 0. The van der Waals surface area contributed by atoms with Gasteiger partial charge in [0.25, 0.3) is 0 Å². The molecule has 0 bridgehead atoms. The Morgan fingerprint density at radius 3 is 1.00 bits per heavy atom. The maximum atomic E-state index is 0. The van der Waals surface area contributed by atoms with Crippen LogP contribution >= 0.6 is 0 Å². The van der Waals surface area contributed by atoms with Gasteiger partial charge < -0.3 is 5.48 Å². The number of hydrogen-bond donors (Lipinski definition) is 0. The Kier molecular flexibility index (Phi) is 215. The van der Waals surface area contributed by atoms with E-state index in [2.05, 4.69) is 0 Å². The fourth-order valence-corrected chi connectivity index (χ4v) is 0. The monoisotopic (exact) mass is 160 g/mol. The fourth-order valence-electron chi connectivity index (χ4n) is 0. The van der Waals surface area contributed by atoms with E-state index in [0.717, 1.165) is 0 Å². The van der Waals surface area contributed by atoms with Crippen LogP contribution in [0, 0.1) is 0 Å². The molecule has 2 N–H and O–H groups in total. The summed E-state index contributed by atoms with van der Waals surface area (Å²) >= 11 is 0. The summed E-state index contributed by atoms with van der Waals surface area (Å²) in [6.45, 7) is 0. The molecule has 0 aliphatic carbocycles. The molecule has 0 radical (unpaired) electrons. The van der Waals surface area contributed by atoms with Crippen LogP contribution in [0.2, 0.25) is 0 Å². The van der Waals surface area contributed by atoms with Gasteiger partial charge >= 0.3 is 0 Å². The van der Waals surface area contributed by atoms with Gasteiger partial charge in [0.05, 0.1) is 0 Å². The minimum Gasteiger partial charge on any atom is -0.412 e. The summed E-state index contributed by atoms with van der Waals surface area (Å²) in [6.07, 6.45) is 0. The summed E-state index contributed by atoms with van der Waals surface area (Å²) in [5.41, 5.74) is 0. The predicted octanol–water partition coefficient (Wildman–Crippen LogP) is -2.01. The third-order valence-corrected chi connectivity index (χ3v) is 0. The van der Waals surface area contributed by atoms with Crippen molar-refractivity contribution in [2.75, 3.05) is 0 Å². The van der Waals surface area contributed by atoms with Crippen molar-refractivity contribution in [1.29, 1.82) is 0 Å². The molecule has 4 heteroatoms. The molecule has 0 aliphatic heterocycles. The van der Waals surface area contributed by atoms with E-state index < -0.39 is 0 Å². The molecule has 0 aromatic carbocycles. The SMILES string of the molecule is O.[AlH3].[Ti].[Zn]. The predicted molar refractivity (Wildman–Crippen MR) is 13.6 cm³/mol. The van der Waals surface area contributed by atoms with E-state index >= 15 is 0 Å². The first kappa shape index (κ1) is 40.6. The Balaban J connectivity index is 0. The van der Waals surface area contributed by atoms with Gasteiger partial charge in [0.2, 0.25) is 0 Å². The molecule has 0 fully saturated rings. The minimum atomic E-state index is 0. The third-order valence-electron chi connectivity index (χ3n) is 0. The minimum absolute atomic E-state index is 0. The average Bonchev–Trinajstić information content (AvgIpc) is 0. The van der Waals surface area contributed by atoms with Crippen LogP contribution in [0.5, 0.6) is 0 Å². The van der Waals surface area contributed by atoms with E-state index in [4.69, 9.17) is 0 Å². The van der Waals surface area contributed by atoms with Gasteiger partial charge in [-0.25, -0.2) is 0 Å². The van der Waals surface area contributed by atoms with Gasteiger partial charge in [-0.2, -0.15) is 0 Å². The number of rotatable bonds is 0. The van der Waals surface area contributed by atoms with Crippen molar-refractivity contribution in [3.05, 3.63) is 0 Å². The van der Waals surface area contributed by atoms with E-state index in [1.165, 1.54) is 0 Å². The Morgan fingerprint density at radius 1 is 1.00 bits per heavy atom. The third kappa shape index (κ3) is 9.16. The second-order valence-corrected chi connectivity index (χ2v) is 0. The molecular weight excluding hydrogens is 156 g/mol. The van der Waals surface area contributed by atoms with Crippen LogP contribution in [-0.4, -0.2) is 22.8 Å². The van der Waals surface area contributed by atoms with Gasteiger partial charge in [-0.3, -0.25) is 0 Å². The zero-order valence-electron chi connectivity index (χ0n) is 1.71. The molecule has 0 aromatic heterocycles. The zero-order chi connectivity index (χ0) is 0. The van der Waals surface area contributed by atoms with Crippen LogP contribution in [0.1, 0.15) is 0 Å². The molecule has 0 amide bonds. The molecule has 0 rings (SSSR count). The maximum absolute atomic E-state index is 0. The van der Waals surface area contributed by atoms with E-state index in [1.54, 1.807) is 0 Å². The van der Waals surface area contributed by atoms with Crippen LogP contribution < -0.4 is 0 Å². The molecule has 0 aliphatic rings. The van der Waals surface area contributed by atoms with Crippen molar-refractivity contribution >= 4 is 17.4 Å². The van der Waals surface area contributed by atoms with Crippen molar-refractivity contribution in [1.82, 2.24) is 0 Å². The van der Waals surface area contributed by atoms with E-state index in [0.29, 0.717) is 0 Å². The van der Waals surface area contributed by atoms with E-state index in [9.17, 15) is 0 Å². The molecule has 20 valence electrons. The van der Waals surface area contributed by atoms with Crippen LogP contribution in [0.4, 0.5) is 0 Å². The quantitative estimate of drug-likeness (QED) is 0.368. The van der Waals surface area contributed by atoms with E-state index in [-0.39, 0.29) is 64.0 Å². The molecule has 4 heavy (non-hydrogen) atoms. The topological polar surface area (TPSA) is 31.5 Å².